The quantitative estimate of drug-likeness (QED) is 0.842. The van der Waals surface area contributed by atoms with E-state index in [0.29, 0.717) is 11.8 Å². The van der Waals surface area contributed by atoms with E-state index in [-0.39, 0.29) is 6.04 Å². The van der Waals surface area contributed by atoms with Gasteiger partial charge in [-0.05, 0) is 35.7 Å². The molecule has 0 saturated carbocycles. The van der Waals surface area contributed by atoms with Gasteiger partial charge in [0, 0.05) is 30.3 Å². The van der Waals surface area contributed by atoms with Gasteiger partial charge >= 0.3 is 0 Å². The number of hydrogen-bond acceptors (Lipinski definition) is 3. The minimum Gasteiger partial charge on any atom is -0.497 e. The Morgan fingerprint density at radius 2 is 2.29 bits per heavy atom. The summed E-state index contributed by atoms with van der Waals surface area (Å²) in [6.07, 6.45) is 5.76. The fourth-order valence-electron chi connectivity index (χ4n) is 4.65. The van der Waals surface area contributed by atoms with Crippen molar-refractivity contribution >= 4 is 10.9 Å². The Bertz CT molecular complexity index is 760. The van der Waals surface area contributed by atoms with E-state index in [1.807, 2.05) is 24.3 Å². The highest BCUT2D eigenvalue weighted by atomic mass is 16.5. The summed E-state index contributed by atoms with van der Waals surface area (Å²) in [4.78, 5) is 5.95. The predicted molar refractivity (Wildman–Crippen MR) is 94.2 cm³/mol. The largest absolute Gasteiger partial charge is 0.497 e. The van der Waals surface area contributed by atoms with Crippen molar-refractivity contribution in [1.29, 1.82) is 0 Å². The van der Waals surface area contributed by atoms with Gasteiger partial charge in [-0.2, -0.15) is 0 Å². The van der Waals surface area contributed by atoms with Crippen LogP contribution in [0.4, 0.5) is 0 Å². The lowest BCUT2D eigenvalue weighted by atomic mass is 9.73. The fraction of sp³-hybridized carbons (Fsp3) is 0.450. The van der Waals surface area contributed by atoms with E-state index in [9.17, 15) is 5.11 Å². The van der Waals surface area contributed by atoms with Crippen molar-refractivity contribution in [2.75, 3.05) is 20.2 Å². The molecule has 3 saturated heterocycles. The monoisotopic (exact) mass is 325 g/mol. The Hall–Kier alpha value is -1.91. The number of aromatic nitrogens is 1. The highest BCUT2D eigenvalue weighted by molar-refractivity contribution is 5.83. The Morgan fingerprint density at radius 1 is 1.42 bits per heavy atom. The number of benzene rings is 1. The topological polar surface area (TPSA) is 46.8 Å². The third-order valence-corrected chi connectivity index (χ3v) is 6.01. The zero-order chi connectivity index (χ0) is 16.7. The highest BCUT2D eigenvalue weighted by Crippen LogP contribution is 2.34. The second-order valence-electron chi connectivity index (χ2n) is 7.13. The van der Waals surface area contributed by atoms with Crippen LogP contribution < -0.4 is 9.64 Å². The summed E-state index contributed by atoms with van der Waals surface area (Å²) in [6, 6.07) is 8.08. The zero-order valence-electron chi connectivity index (χ0n) is 14.1. The van der Waals surface area contributed by atoms with Crippen LogP contribution in [0.1, 0.15) is 24.5 Å². The van der Waals surface area contributed by atoms with Crippen molar-refractivity contribution in [2.45, 2.75) is 25.0 Å². The first kappa shape index (κ1) is 15.6. The molecule has 0 amide bonds. The van der Waals surface area contributed by atoms with Gasteiger partial charge < -0.3 is 14.7 Å². The zero-order valence-corrected chi connectivity index (χ0v) is 14.1. The maximum atomic E-state index is 11.2. The first-order chi connectivity index (χ1) is 11.7. The molecular formula is C20H25N2O2+. The minimum atomic E-state index is -0.467. The molecule has 0 spiro atoms. The van der Waals surface area contributed by atoms with Gasteiger partial charge in [0.2, 0.25) is 0 Å². The maximum Gasteiger partial charge on any atom is 0.131 e. The number of aliphatic hydroxyl groups excluding tert-OH is 1. The van der Waals surface area contributed by atoms with Crippen molar-refractivity contribution < 1.29 is 14.7 Å². The van der Waals surface area contributed by atoms with E-state index in [1.165, 1.54) is 11.3 Å². The van der Waals surface area contributed by atoms with E-state index in [0.717, 1.165) is 41.7 Å². The number of pyridine rings is 1. The standard InChI is InChI=1S/C20H24N2O2/c1-3-13-12-22-9-7-14(13)10-19(22)20(23)16-6-8-21-18-5-4-15(24-2)11-17(16)18/h3-6,8,11,13-14,19-20,23H,1,7,9-10,12H2,2H3/p+1/t13-,14+,19+,20-/m0/s1. The number of nitrogens with zero attached hydrogens (tertiary/aromatic N) is 1. The van der Waals surface area contributed by atoms with Crippen molar-refractivity contribution in [3.8, 4) is 5.75 Å². The van der Waals surface area contributed by atoms with Gasteiger partial charge in [-0.25, -0.2) is 0 Å². The number of piperidine rings is 3. The molecule has 0 radical (unpaired) electrons. The molecule has 5 atom stereocenters. The molecule has 3 aliphatic rings. The number of hydrogen-bond donors (Lipinski definition) is 2. The average molecular weight is 325 g/mol. The third-order valence-electron chi connectivity index (χ3n) is 6.01. The number of ether oxygens (including phenoxy) is 1. The summed E-state index contributed by atoms with van der Waals surface area (Å²) in [5.41, 5.74) is 1.88. The minimum absolute atomic E-state index is 0.261. The van der Waals surface area contributed by atoms with E-state index >= 15 is 0 Å². The van der Waals surface area contributed by atoms with Crippen LogP contribution in [0.15, 0.2) is 43.1 Å². The van der Waals surface area contributed by atoms with Crippen LogP contribution in [0.3, 0.4) is 0 Å². The van der Waals surface area contributed by atoms with Crippen LogP contribution in [-0.2, 0) is 0 Å². The van der Waals surface area contributed by atoms with Crippen molar-refractivity contribution in [3.63, 3.8) is 0 Å². The third kappa shape index (κ3) is 2.50. The molecule has 2 N–H and O–H groups in total. The summed E-state index contributed by atoms with van der Waals surface area (Å²) in [6.45, 7) is 6.25. The van der Waals surface area contributed by atoms with E-state index in [2.05, 4.69) is 17.6 Å². The SMILES string of the molecule is C=C[C@H]1C[NH+]2CC[C@@H]1C[C@@H]2[C@@H](O)c1ccnc2ccc(OC)cc12. The normalized spacial score (nSPS) is 30.2. The second kappa shape index (κ2) is 6.19. The van der Waals surface area contributed by atoms with Gasteiger partial charge in [-0.1, -0.05) is 6.08 Å². The van der Waals surface area contributed by atoms with Gasteiger partial charge in [-0.15, -0.1) is 6.58 Å². The second-order valence-corrected chi connectivity index (χ2v) is 7.13. The van der Waals surface area contributed by atoms with Crippen LogP contribution in [0.25, 0.3) is 10.9 Å². The average Bonchev–Trinajstić information content (AvgIpc) is 2.66. The van der Waals surface area contributed by atoms with Crippen LogP contribution in [0.2, 0.25) is 0 Å². The Morgan fingerprint density at radius 3 is 3.00 bits per heavy atom. The van der Waals surface area contributed by atoms with Crippen LogP contribution in [-0.4, -0.2) is 36.3 Å². The summed E-state index contributed by atoms with van der Waals surface area (Å²) in [5, 5.41) is 12.2. The molecule has 3 fully saturated rings. The van der Waals surface area contributed by atoms with Crippen molar-refractivity contribution in [2.24, 2.45) is 11.8 Å². The molecule has 2 bridgehead atoms. The van der Waals surface area contributed by atoms with Crippen molar-refractivity contribution in [3.05, 3.63) is 48.7 Å². The van der Waals surface area contributed by atoms with Crippen LogP contribution >= 0.6 is 0 Å². The number of methoxy groups -OCH3 is 1. The molecule has 126 valence electrons. The van der Waals surface area contributed by atoms with E-state index in [4.69, 9.17) is 4.74 Å². The summed E-state index contributed by atoms with van der Waals surface area (Å²) in [7, 11) is 1.67. The first-order valence-electron chi connectivity index (χ1n) is 8.79. The number of quaternary nitrogens is 1. The van der Waals surface area contributed by atoms with Gasteiger partial charge in [0.15, 0.2) is 0 Å². The molecule has 4 heteroatoms. The highest BCUT2D eigenvalue weighted by Gasteiger charge is 2.45. The predicted octanol–water partition coefficient (Wildman–Crippen LogP) is 1.76. The van der Waals surface area contributed by atoms with Gasteiger partial charge in [-0.3, -0.25) is 4.98 Å². The van der Waals surface area contributed by atoms with E-state index < -0.39 is 6.10 Å². The molecule has 0 aliphatic carbocycles. The maximum absolute atomic E-state index is 11.2. The van der Waals surface area contributed by atoms with Crippen molar-refractivity contribution in [1.82, 2.24) is 4.98 Å². The summed E-state index contributed by atoms with van der Waals surface area (Å²) < 4.78 is 5.35. The lowest BCUT2D eigenvalue weighted by molar-refractivity contribution is -0.949. The van der Waals surface area contributed by atoms with Crippen LogP contribution in [0.5, 0.6) is 5.75 Å². The fourth-order valence-corrected chi connectivity index (χ4v) is 4.65. The van der Waals surface area contributed by atoms with Gasteiger partial charge in [0.25, 0.3) is 0 Å². The molecule has 4 heterocycles. The lowest BCUT2D eigenvalue weighted by Crippen LogP contribution is -3.20. The number of fused-ring (bicyclic) bond motifs is 4. The molecule has 24 heavy (non-hydrogen) atoms. The molecule has 2 aromatic rings. The molecule has 5 rings (SSSR count). The molecule has 1 aromatic heterocycles. The lowest BCUT2D eigenvalue weighted by Gasteiger charge is -2.47. The molecular weight excluding hydrogens is 300 g/mol. The van der Waals surface area contributed by atoms with Gasteiger partial charge in [0.05, 0.1) is 25.7 Å². The molecule has 3 aliphatic heterocycles. The number of nitrogens with one attached hydrogen (secondary N) is 1. The summed E-state index contributed by atoms with van der Waals surface area (Å²) >= 11 is 0. The van der Waals surface area contributed by atoms with E-state index in [1.54, 1.807) is 13.3 Å². The Kier molecular flexibility index (Phi) is 4.02. The molecule has 4 nitrogen and oxygen atoms in total. The Balaban J connectivity index is 1.69. The number of aliphatic hydroxyl groups is 1. The Labute approximate surface area is 142 Å². The first-order valence-corrected chi connectivity index (χ1v) is 8.79. The smallest absolute Gasteiger partial charge is 0.131 e. The number of rotatable bonds is 4. The molecule has 1 unspecified atom stereocenters. The van der Waals surface area contributed by atoms with Crippen LogP contribution in [0, 0.1) is 11.8 Å². The summed E-state index contributed by atoms with van der Waals surface area (Å²) in [5.74, 6) is 2.07. The molecule has 1 aromatic carbocycles. The van der Waals surface area contributed by atoms with Gasteiger partial charge in [0.1, 0.15) is 17.9 Å².